The summed E-state index contributed by atoms with van der Waals surface area (Å²) in [5.41, 5.74) is 1.95. The molecule has 2 atom stereocenters. The van der Waals surface area contributed by atoms with Crippen molar-refractivity contribution in [1.29, 1.82) is 0 Å². The summed E-state index contributed by atoms with van der Waals surface area (Å²) in [6.07, 6.45) is 0. The Hall–Kier alpha value is -2.46. The van der Waals surface area contributed by atoms with E-state index >= 15 is 0 Å². The Labute approximate surface area is 143 Å². The van der Waals surface area contributed by atoms with Gasteiger partial charge in [-0.3, -0.25) is 9.59 Å². The molecule has 0 amide bonds. The summed E-state index contributed by atoms with van der Waals surface area (Å²) in [4.78, 5) is 26.2. The number of ether oxygens (including phenoxy) is 1. The first-order chi connectivity index (χ1) is 11.7. The number of benzene rings is 2. The van der Waals surface area contributed by atoms with Crippen LogP contribution in [0.3, 0.4) is 0 Å². The van der Waals surface area contributed by atoms with Crippen molar-refractivity contribution in [3.8, 4) is 0 Å². The Kier molecular flexibility index (Phi) is 3.69. The Morgan fingerprint density at radius 1 is 1.08 bits per heavy atom. The van der Waals surface area contributed by atoms with Crippen molar-refractivity contribution in [2.45, 2.75) is 12.8 Å². The molecule has 1 aromatic heterocycles. The molecule has 0 aliphatic heterocycles. The molecule has 1 heterocycles. The van der Waals surface area contributed by atoms with Crippen LogP contribution in [0.2, 0.25) is 0 Å². The first-order valence-corrected chi connectivity index (χ1v) is 8.81. The lowest BCUT2D eigenvalue weighted by Gasteiger charge is -2.19. The predicted octanol–water partition coefficient (Wildman–Crippen LogP) is 4.41. The smallest absolute Gasteiger partial charge is 0.317 e. The summed E-state index contributed by atoms with van der Waals surface area (Å²) in [7, 11) is 0. The molecule has 0 saturated carbocycles. The zero-order valence-electron chi connectivity index (χ0n) is 13.2. The van der Waals surface area contributed by atoms with Crippen LogP contribution in [-0.4, -0.2) is 18.4 Å². The van der Waals surface area contributed by atoms with Crippen LogP contribution >= 0.6 is 11.3 Å². The maximum Gasteiger partial charge on any atom is 0.317 e. The molecule has 2 aromatic carbocycles. The average Bonchev–Trinajstić information content (AvgIpc) is 3.11. The van der Waals surface area contributed by atoms with Gasteiger partial charge in [-0.2, -0.15) is 0 Å². The number of hydrogen-bond acceptors (Lipinski definition) is 4. The van der Waals surface area contributed by atoms with E-state index in [1.165, 1.54) is 11.3 Å². The average molecular weight is 336 g/mol. The Morgan fingerprint density at radius 2 is 1.79 bits per heavy atom. The lowest BCUT2D eigenvalue weighted by molar-refractivity contribution is -0.146. The van der Waals surface area contributed by atoms with Crippen molar-refractivity contribution in [2.75, 3.05) is 6.61 Å². The quantitative estimate of drug-likeness (QED) is 0.526. The number of ketones is 1. The molecule has 1 aliphatic carbocycles. The molecule has 24 heavy (non-hydrogen) atoms. The maximum atomic E-state index is 13.0. The van der Waals surface area contributed by atoms with Crippen molar-refractivity contribution in [2.24, 2.45) is 5.92 Å². The molecule has 1 aliphatic rings. The number of carbonyl (C=O) groups is 2. The summed E-state index contributed by atoms with van der Waals surface area (Å²) in [5.74, 6) is -1.59. The fourth-order valence-electron chi connectivity index (χ4n) is 3.51. The normalized spacial score (nSPS) is 19.5. The molecular weight excluding hydrogens is 320 g/mol. The highest BCUT2D eigenvalue weighted by Gasteiger charge is 2.48. The Bertz CT molecular complexity index is 926. The first-order valence-electron chi connectivity index (χ1n) is 7.99. The van der Waals surface area contributed by atoms with Gasteiger partial charge in [-0.05, 0) is 29.5 Å². The number of rotatable bonds is 3. The van der Waals surface area contributed by atoms with Gasteiger partial charge in [0.15, 0.2) is 5.78 Å². The van der Waals surface area contributed by atoms with Crippen LogP contribution in [0.4, 0.5) is 0 Å². The van der Waals surface area contributed by atoms with Crippen LogP contribution in [0.5, 0.6) is 0 Å². The van der Waals surface area contributed by atoms with Gasteiger partial charge in [0.05, 0.1) is 11.5 Å². The van der Waals surface area contributed by atoms with Gasteiger partial charge in [0, 0.05) is 10.6 Å². The molecule has 0 N–H and O–H groups in total. The van der Waals surface area contributed by atoms with Gasteiger partial charge in [-0.15, -0.1) is 11.3 Å². The standard InChI is InChI=1S/C20H16O3S/c1-2-23-20(22)17-15(12-8-4-3-5-9-12)16-13-10-6-7-11-14(13)24-19(16)18(17)21/h3-11,15,17H,2H2,1H3/t15-,17+/m1/s1. The molecule has 0 fully saturated rings. The number of fused-ring (bicyclic) bond motifs is 3. The van der Waals surface area contributed by atoms with E-state index in [4.69, 9.17) is 4.74 Å². The van der Waals surface area contributed by atoms with Crippen LogP contribution in [0, 0.1) is 5.92 Å². The monoisotopic (exact) mass is 336 g/mol. The minimum atomic E-state index is -0.779. The van der Waals surface area contributed by atoms with Gasteiger partial charge in [0.1, 0.15) is 5.92 Å². The van der Waals surface area contributed by atoms with Crippen LogP contribution in [0.15, 0.2) is 54.6 Å². The van der Waals surface area contributed by atoms with E-state index in [1.807, 2.05) is 54.6 Å². The largest absolute Gasteiger partial charge is 0.465 e. The Morgan fingerprint density at radius 3 is 2.54 bits per heavy atom. The van der Waals surface area contributed by atoms with E-state index in [2.05, 4.69) is 0 Å². The number of hydrogen-bond donors (Lipinski definition) is 0. The summed E-state index contributed by atoms with van der Waals surface area (Å²) in [6.45, 7) is 2.04. The first kappa shape index (κ1) is 15.1. The summed E-state index contributed by atoms with van der Waals surface area (Å²) in [6, 6.07) is 17.8. The van der Waals surface area contributed by atoms with Crippen molar-refractivity contribution in [3.63, 3.8) is 0 Å². The molecule has 0 unspecified atom stereocenters. The zero-order valence-corrected chi connectivity index (χ0v) is 14.0. The van der Waals surface area contributed by atoms with Crippen LogP contribution in [-0.2, 0) is 9.53 Å². The molecule has 0 spiro atoms. The number of carbonyl (C=O) groups excluding carboxylic acids is 2. The summed E-state index contributed by atoms with van der Waals surface area (Å²) < 4.78 is 6.29. The predicted molar refractivity (Wildman–Crippen MR) is 94.6 cm³/mol. The minimum Gasteiger partial charge on any atom is -0.465 e. The number of thiophene rings is 1. The number of esters is 1. The van der Waals surface area contributed by atoms with Gasteiger partial charge < -0.3 is 4.74 Å². The number of Topliss-reactive ketones (excluding diaryl/α,β-unsaturated/α-hetero) is 1. The second-order valence-electron chi connectivity index (χ2n) is 5.82. The maximum absolute atomic E-state index is 13.0. The fraction of sp³-hybridized carbons (Fsp3) is 0.200. The van der Waals surface area contributed by atoms with Crippen LogP contribution < -0.4 is 0 Å². The van der Waals surface area contributed by atoms with Gasteiger partial charge in [-0.25, -0.2) is 0 Å². The highest BCUT2D eigenvalue weighted by atomic mass is 32.1. The van der Waals surface area contributed by atoms with Gasteiger partial charge in [0.2, 0.25) is 0 Å². The highest BCUT2D eigenvalue weighted by molar-refractivity contribution is 7.21. The third-order valence-corrected chi connectivity index (χ3v) is 5.68. The van der Waals surface area contributed by atoms with Crippen molar-refractivity contribution in [3.05, 3.63) is 70.6 Å². The zero-order chi connectivity index (χ0) is 16.7. The summed E-state index contributed by atoms with van der Waals surface area (Å²) >= 11 is 1.47. The van der Waals surface area contributed by atoms with Gasteiger partial charge in [-0.1, -0.05) is 48.5 Å². The molecule has 4 heteroatoms. The van der Waals surface area contributed by atoms with Crippen molar-refractivity contribution < 1.29 is 14.3 Å². The lowest BCUT2D eigenvalue weighted by atomic mass is 9.84. The summed E-state index contributed by atoms with van der Waals surface area (Å²) in [5, 5.41) is 1.06. The third-order valence-electron chi connectivity index (χ3n) is 4.48. The Balaban J connectivity index is 1.95. The topological polar surface area (TPSA) is 43.4 Å². The van der Waals surface area contributed by atoms with E-state index < -0.39 is 11.9 Å². The van der Waals surface area contributed by atoms with Crippen LogP contribution in [0.25, 0.3) is 10.1 Å². The van der Waals surface area contributed by atoms with E-state index in [9.17, 15) is 9.59 Å². The minimum absolute atomic E-state index is 0.112. The van der Waals surface area contributed by atoms with Crippen molar-refractivity contribution >= 4 is 33.2 Å². The van der Waals surface area contributed by atoms with E-state index in [-0.39, 0.29) is 18.3 Å². The van der Waals surface area contributed by atoms with Crippen LogP contribution in [0.1, 0.15) is 33.6 Å². The van der Waals surface area contributed by atoms with Crippen molar-refractivity contribution in [1.82, 2.24) is 0 Å². The second kappa shape index (κ2) is 5.87. The second-order valence-corrected chi connectivity index (χ2v) is 6.88. The molecule has 0 radical (unpaired) electrons. The highest BCUT2D eigenvalue weighted by Crippen LogP contribution is 2.49. The van der Waals surface area contributed by atoms with E-state index in [0.717, 1.165) is 21.2 Å². The molecule has 3 nitrogen and oxygen atoms in total. The molecule has 4 rings (SSSR count). The van der Waals surface area contributed by atoms with Gasteiger partial charge in [0.25, 0.3) is 0 Å². The molecule has 120 valence electrons. The van der Waals surface area contributed by atoms with E-state index in [0.29, 0.717) is 4.88 Å². The third kappa shape index (κ3) is 2.18. The molecular formula is C20H16O3S. The SMILES string of the molecule is CCOC(=O)[C@@H]1C(=O)c2sc3ccccc3c2[C@H]1c1ccccc1. The lowest BCUT2D eigenvalue weighted by Crippen LogP contribution is -2.27. The van der Waals surface area contributed by atoms with E-state index in [1.54, 1.807) is 6.92 Å². The molecule has 0 bridgehead atoms. The molecule has 0 saturated heterocycles. The fourth-order valence-corrected chi connectivity index (χ4v) is 4.74. The van der Waals surface area contributed by atoms with Gasteiger partial charge >= 0.3 is 5.97 Å². The molecule has 3 aromatic rings.